The van der Waals surface area contributed by atoms with Crippen molar-refractivity contribution in [2.24, 2.45) is 0 Å². The van der Waals surface area contributed by atoms with Gasteiger partial charge < -0.3 is 10.1 Å². The molecule has 0 bridgehead atoms. The maximum Gasteiger partial charge on any atom is 0.294 e. The second-order valence-electron chi connectivity index (χ2n) is 8.20. The van der Waals surface area contributed by atoms with Gasteiger partial charge in [-0.1, -0.05) is 51.8 Å². The first-order valence-electron chi connectivity index (χ1n) is 11.0. The maximum atomic E-state index is 14.0. The zero-order valence-corrected chi connectivity index (χ0v) is 21.9. The van der Waals surface area contributed by atoms with Crippen LogP contribution >= 0.6 is 27.7 Å². The van der Waals surface area contributed by atoms with Crippen molar-refractivity contribution in [2.45, 2.75) is 20.5 Å². The summed E-state index contributed by atoms with van der Waals surface area (Å²) >= 11 is 4.15. The Labute approximate surface area is 220 Å². The summed E-state index contributed by atoms with van der Waals surface area (Å²) in [5.41, 5.74) is 3.49. The van der Waals surface area contributed by atoms with Gasteiger partial charge in [0.05, 0.1) is 4.91 Å². The molecule has 1 heterocycles. The van der Waals surface area contributed by atoms with Gasteiger partial charge in [0.2, 0.25) is 5.91 Å². The SMILES string of the molecule is Cc1ccc(NC(=O)CN2C(=O)S/C(=C\c3cc(Br)ccc3OCc3ccccc3F)C2=O)c(C)c1. The molecule has 1 aliphatic rings. The summed E-state index contributed by atoms with van der Waals surface area (Å²) < 4.78 is 20.5. The monoisotopic (exact) mass is 568 g/mol. The fourth-order valence-corrected chi connectivity index (χ4v) is 4.81. The molecule has 1 N–H and O–H groups in total. The van der Waals surface area contributed by atoms with Crippen molar-refractivity contribution in [3.8, 4) is 5.75 Å². The molecular weight excluding hydrogens is 547 g/mol. The third-order valence-electron chi connectivity index (χ3n) is 5.43. The van der Waals surface area contributed by atoms with E-state index >= 15 is 0 Å². The molecule has 0 atom stereocenters. The van der Waals surface area contributed by atoms with Gasteiger partial charge in [-0.3, -0.25) is 19.3 Å². The number of nitrogens with zero attached hydrogens (tertiary/aromatic N) is 1. The van der Waals surface area contributed by atoms with E-state index in [0.29, 0.717) is 22.6 Å². The number of hydrogen-bond acceptors (Lipinski definition) is 5. The van der Waals surface area contributed by atoms with Gasteiger partial charge >= 0.3 is 0 Å². The van der Waals surface area contributed by atoms with E-state index in [1.54, 1.807) is 42.5 Å². The Hall–Kier alpha value is -3.43. The number of amides is 3. The molecule has 4 rings (SSSR count). The average Bonchev–Trinajstić information content (AvgIpc) is 3.08. The molecule has 1 aliphatic heterocycles. The van der Waals surface area contributed by atoms with Crippen LogP contribution in [-0.2, 0) is 16.2 Å². The Balaban J connectivity index is 1.49. The summed E-state index contributed by atoms with van der Waals surface area (Å²) in [6.07, 6.45) is 1.54. The molecule has 36 heavy (non-hydrogen) atoms. The number of thioether (sulfide) groups is 1. The molecule has 0 unspecified atom stereocenters. The smallest absolute Gasteiger partial charge is 0.294 e. The average molecular weight is 569 g/mol. The number of carbonyl (C=O) groups excluding carboxylic acids is 3. The number of halogens is 2. The second-order valence-corrected chi connectivity index (χ2v) is 10.1. The van der Waals surface area contributed by atoms with Crippen molar-refractivity contribution in [1.29, 1.82) is 0 Å². The number of benzene rings is 3. The molecule has 1 fully saturated rings. The molecule has 3 aromatic rings. The van der Waals surface area contributed by atoms with E-state index in [4.69, 9.17) is 4.74 Å². The van der Waals surface area contributed by atoms with Gasteiger partial charge in [-0.15, -0.1) is 0 Å². The van der Waals surface area contributed by atoms with Crippen LogP contribution in [0.25, 0.3) is 6.08 Å². The van der Waals surface area contributed by atoms with Crippen LogP contribution in [0.3, 0.4) is 0 Å². The molecule has 6 nitrogen and oxygen atoms in total. The van der Waals surface area contributed by atoms with E-state index in [9.17, 15) is 18.8 Å². The number of carbonyl (C=O) groups is 3. The van der Waals surface area contributed by atoms with Crippen molar-refractivity contribution in [1.82, 2.24) is 4.90 Å². The highest BCUT2D eigenvalue weighted by Gasteiger charge is 2.36. The van der Waals surface area contributed by atoms with Gasteiger partial charge in [-0.05, 0) is 67.6 Å². The third-order valence-corrected chi connectivity index (χ3v) is 6.83. The van der Waals surface area contributed by atoms with E-state index in [0.717, 1.165) is 32.3 Å². The van der Waals surface area contributed by atoms with E-state index in [-0.39, 0.29) is 17.3 Å². The minimum Gasteiger partial charge on any atom is -0.488 e. The number of imide groups is 1. The highest BCUT2D eigenvalue weighted by atomic mass is 79.9. The first-order chi connectivity index (χ1) is 17.2. The number of nitrogens with one attached hydrogen (secondary N) is 1. The van der Waals surface area contributed by atoms with Gasteiger partial charge in [0, 0.05) is 21.3 Å². The Morgan fingerprint density at radius 1 is 1.11 bits per heavy atom. The molecule has 0 aliphatic carbocycles. The Bertz CT molecular complexity index is 1390. The van der Waals surface area contributed by atoms with Gasteiger partial charge in [0.1, 0.15) is 24.7 Å². The number of ether oxygens (including phenoxy) is 1. The lowest BCUT2D eigenvalue weighted by Crippen LogP contribution is -2.36. The van der Waals surface area contributed by atoms with Crippen LogP contribution < -0.4 is 10.1 Å². The minimum absolute atomic E-state index is 0.00474. The summed E-state index contributed by atoms with van der Waals surface area (Å²) in [6, 6.07) is 17.1. The number of hydrogen-bond donors (Lipinski definition) is 1. The van der Waals surface area contributed by atoms with Crippen LogP contribution in [0.4, 0.5) is 14.9 Å². The van der Waals surface area contributed by atoms with Crippen LogP contribution in [0.2, 0.25) is 0 Å². The first kappa shape index (κ1) is 25.7. The van der Waals surface area contributed by atoms with Gasteiger partial charge in [0.25, 0.3) is 11.1 Å². The quantitative estimate of drug-likeness (QED) is 0.331. The molecule has 0 spiro atoms. The van der Waals surface area contributed by atoms with Crippen LogP contribution in [0.5, 0.6) is 5.75 Å². The molecular formula is C27H22BrFN2O4S. The second kappa shape index (κ2) is 11.1. The molecule has 0 saturated carbocycles. The zero-order valence-electron chi connectivity index (χ0n) is 19.5. The first-order valence-corrected chi connectivity index (χ1v) is 12.6. The van der Waals surface area contributed by atoms with Crippen molar-refractivity contribution >= 4 is 56.5 Å². The minimum atomic E-state index is -0.569. The van der Waals surface area contributed by atoms with E-state index in [1.165, 1.54) is 12.1 Å². The maximum absolute atomic E-state index is 14.0. The largest absolute Gasteiger partial charge is 0.488 e. The molecule has 0 radical (unpaired) electrons. The van der Waals surface area contributed by atoms with Crippen LogP contribution in [0.1, 0.15) is 22.3 Å². The Kier molecular flexibility index (Phi) is 7.91. The van der Waals surface area contributed by atoms with Crippen LogP contribution in [-0.4, -0.2) is 28.5 Å². The fraction of sp³-hybridized carbons (Fsp3) is 0.148. The standard InChI is InChI=1S/C27H22BrFN2O4S/c1-16-7-9-22(17(2)11-16)30-25(32)14-31-26(33)24(36-27(31)34)13-19-12-20(28)8-10-23(19)35-15-18-5-3-4-6-21(18)29/h3-13H,14-15H2,1-2H3,(H,30,32)/b24-13-. The molecule has 184 valence electrons. The third kappa shape index (κ3) is 6.03. The van der Waals surface area contributed by atoms with Gasteiger partial charge in [-0.25, -0.2) is 4.39 Å². The van der Waals surface area contributed by atoms with Crippen molar-refractivity contribution in [3.05, 3.63) is 98.1 Å². The fourth-order valence-electron chi connectivity index (χ4n) is 3.60. The highest BCUT2D eigenvalue weighted by molar-refractivity contribution is 9.10. The summed E-state index contributed by atoms with van der Waals surface area (Å²) in [5, 5.41) is 2.22. The van der Waals surface area contributed by atoms with Crippen molar-refractivity contribution in [3.63, 3.8) is 0 Å². The van der Waals surface area contributed by atoms with Crippen LogP contribution in [0, 0.1) is 19.7 Å². The zero-order chi connectivity index (χ0) is 25.8. The highest BCUT2D eigenvalue weighted by Crippen LogP contribution is 2.35. The number of anilines is 1. The molecule has 0 aromatic heterocycles. The number of rotatable bonds is 7. The van der Waals surface area contributed by atoms with E-state index < -0.39 is 23.6 Å². The van der Waals surface area contributed by atoms with E-state index in [2.05, 4.69) is 21.2 Å². The van der Waals surface area contributed by atoms with Gasteiger partial charge in [0.15, 0.2) is 0 Å². The molecule has 1 saturated heterocycles. The lowest BCUT2D eigenvalue weighted by molar-refractivity contribution is -0.127. The van der Waals surface area contributed by atoms with Crippen LogP contribution in [0.15, 0.2) is 70.0 Å². The molecule has 3 aromatic carbocycles. The molecule has 9 heteroatoms. The summed E-state index contributed by atoms with van der Waals surface area (Å²) in [5.74, 6) is -1.00. The summed E-state index contributed by atoms with van der Waals surface area (Å²) in [6.45, 7) is 3.42. The molecule has 3 amide bonds. The number of aryl methyl sites for hydroxylation is 2. The topological polar surface area (TPSA) is 75.7 Å². The summed E-state index contributed by atoms with van der Waals surface area (Å²) in [7, 11) is 0. The lowest BCUT2D eigenvalue weighted by Gasteiger charge is -2.14. The van der Waals surface area contributed by atoms with Crippen molar-refractivity contribution in [2.75, 3.05) is 11.9 Å². The normalized spacial score (nSPS) is 14.4. The lowest BCUT2D eigenvalue weighted by atomic mass is 10.1. The van der Waals surface area contributed by atoms with Crippen molar-refractivity contribution < 1.29 is 23.5 Å². The van der Waals surface area contributed by atoms with Gasteiger partial charge in [-0.2, -0.15) is 0 Å². The van der Waals surface area contributed by atoms with E-state index in [1.807, 2.05) is 26.0 Å². The summed E-state index contributed by atoms with van der Waals surface area (Å²) in [4.78, 5) is 39.2. The Morgan fingerprint density at radius 3 is 2.64 bits per heavy atom. The Morgan fingerprint density at radius 2 is 1.89 bits per heavy atom. The predicted molar refractivity (Wildman–Crippen MR) is 142 cm³/mol. The predicted octanol–water partition coefficient (Wildman–Crippen LogP) is 6.46.